The Balaban J connectivity index is 1.49. The molecule has 0 radical (unpaired) electrons. The maximum Gasteiger partial charge on any atom is 0.249 e. The van der Waals surface area contributed by atoms with Crippen LogP contribution in [-0.2, 0) is 15.9 Å². The van der Waals surface area contributed by atoms with Crippen LogP contribution >= 0.6 is 0 Å². The first-order valence-corrected chi connectivity index (χ1v) is 9.27. The van der Waals surface area contributed by atoms with Crippen LogP contribution in [0.25, 0.3) is 0 Å². The van der Waals surface area contributed by atoms with Gasteiger partial charge in [-0.15, -0.1) is 5.10 Å². The second-order valence-electron chi connectivity index (χ2n) is 6.82. The quantitative estimate of drug-likeness (QED) is 0.904. The molecule has 0 unspecified atom stereocenters. The topological polar surface area (TPSA) is 72.4 Å². The molecule has 2 aromatic rings. The van der Waals surface area contributed by atoms with Gasteiger partial charge in [0.1, 0.15) is 0 Å². The molecule has 0 amide bonds. The monoisotopic (exact) mass is 355 g/mol. The third kappa shape index (κ3) is 3.37. The van der Waals surface area contributed by atoms with Crippen LogP contribution in [0.2, 0.25) is 0 Å². The normalized spacial score (nSPS) is 19.1. The zero-order chi connectivity index (χ0) is 18.0. The summed E-state index contributed by atoms with van der Waals surface area (Å²) in [4.78, 5) is 6.90. The van der Waals surface area contributed by atoms with E-state index in [1.54, 1.807) is 6.20 Å². The summed E-state index contributed by atoms with van der Waals surface area (Å²) < 4.78 is 11.6. The molecule has 1 aromatic carbocycles. The summed E-state index contributed by atoms with van der Waals surface area (Å²) in [5.41, 5.74) is 3.49. The van der Waals surface area contributed by atoms with Gasteiger partial charge in [-0.1, -0.05) is 25.1 Å². The highest BCUT2D eigenvalue weighted by Gasteiger charge is 2.40. The summed E-state index contributed by atoms with van der Waals surface area (Å²) >= 11 is 0. The number of hydrogen-bond donors (Lipinski definition) is 1. The van der Waals surface area contributed by atoms with Crippen LogP contribution in [0.15, 0.2) is 24.4 Å². The van der Waals surface area contributed by atoms with Crippen molar-refractivity contribution < 1.29 is 9.47 Å². The first-order chi connectivity index (χ1) is 12.7. The number of hydrogen-bond acceptors (Lipinski definition) is 7. The fourth-order valence-corrected chi connectivity index (χ4v) is 3.68. The van der Waals surface area contributed by atoms with Crippen molar-refractivity contribution in [3.05, 3.63) is 35.5 Å². The molecule has 2 saturated heterocycles. The molecule has 1 aromatic heterocycles. The van der Waals surface area contributed by atoms with Crippen molar-refractivity contribution in [1.82, 2.24) is 15.2 Å². The molecule has 0 bridgehead atoms. The Bertz CT molecular complexity index is 766. The smallest absolute Gasteiger partial charge is 0.249 e. The van der Waals surface area contributed by atoms with Crippen LogP contribution in [0.4, 0.5) is 17.5 Å². The van der Waals surface area contributed by atoms with Crippen LogP contribution in [0, 0.1) is 6.92 Å². The van der Waals surface area contributed by atoms with E-state index in [2.05, 4.69) is 57.4 Å². The van der Waals surface area contributed by atoms with Crippen molar-refractivity contribution in [1.29, 1.82) is 0 Å². The number of nitrogens with zero attached hydrogens (tertiary/aromatic N) is 4. The second kappa shape index (κ2) is 7.17. The number of nitrogens with one attached hydrogen (secondary N) is 1. The molecule has 4 rings (SSSR count). The number of piperidine rings is 1. The van der Waals surface area contributed by atoms with Crippen molar-refractivity contribution in [2.24, 2.45) is 0 Å². The van der Waals surface area contributed by atoms with Gasteiger partial charge in [-0.3, -0.25) is 0 Å². The van der Waals surface area contributed by atoms with E-state index in [-0.39, 0.29) is 5.79 Å². The van der Waals surface area contributed by atoms with Gasteiger partial charge < -0.3 is 19.7 Å². The zero-order valence-corrected chi connectivity index (χ0v) is 15.4. The first-order valence-electron chi connectivity index (χ1n) is 9.27. The average Bonchev–Trinajstić information content (AvgIpc) is 3.12. The Hall–Kier alpha value is -2.25. The van der Waals surface area contributed by atoms with Gasteiger partial charge in [0.25, 0.3) is 0 Å². The van der Waals surface area contributed by atoms with E-state index in [9.17, 15) is 0 Å². The van der Waals surface area contributed by atoms with E-state index in [0.717, 1.165) is 43.9 Å². The minimum atomic E-state index is -0.380. The molecule has 26 heavy (non-hydrogen) atoms. The number of aryl methyl sites for hydroxylation is 2. The lowest BCUT2D eigenvalue weighted by atomic mass is 10.0. The summed E-state index contributed by atoms with van der Waals surface area (Å²) in [6, 6.07) is 6.29. The highest BCUT2D eigenvalue weighted by atomic mass is 16.7. The largest absolute Gasteiger partial charge is 0.355 e. The minimum Gasteiger partial charge on any atom is -0.355 e. The molecule has 1 N–H and O–H groups in total. The van der Waals surface area contributed by atoms with Gasteiger partial charge >= 0.3 is 0 Å². The van der Waals surface area contributed by atoms with Gasteiger partial charge in [0.15, 0.2) is 11.6 Å². The molecule has 1 spiro atoms. The zero-order valence-electron chi connectivity index (χ0n) is 15.4. The van der Waals surface area contributed by atoms with E-state index in [0.29, 0.717) is 19.2 Å². The fraction of sp³-hybridized carbons (Fsp3) is 0.526. The summed E-state index contributed by atoms with van der Waals surface area (Å²) in [6.07, 6.45) is 4.36. The number of anilines is 3. The Morgan fingerprint density at radius 2 is 1.96 bits per heavy atom. The van der Waals surface area contributed by atoms with Crippen LogP contribution in [0.5, 0.6) is 0 Å². The van der Waals surface area contributed by atoms with Crippen LogP contribution in [0.3, 0.4) is 0 Å². The van der Waals surface area contributed by atoms with E-state index in [1.807, 2.05) is 0 Å². The molecule has 2 fully saturated rings. The van der Waals surface area contributed by atoms with Crippen LogP contribution < -0.4 is 10.2 Å². The van der Waals surface area contributed by atoms with Crippen molar-refractivity contribution >= 4 is 17.5 Å². The maximum atomic E-state index is 5.80. The van der Waals surface area contributed by atoms with Crippen molar-refractivity contribution in [2.75, 3.05) is 36.5 Å². The molecule has 0 atom stereocenters. The summed E-state index contributed by atoms with van der Waals surface area (Å²) in [5.74, 6) is 0.983. The molecule has 138 valence electrons. The number of aromatic nitrogens is 3. The lowest BCUT2D eigenvalue weighted by Crippen LogP contribution is -2.45. The van der Waals surface area contributed by atoms with Crippen molar-refractivity contribution in [2.45, 2.75) is 38.9 Å². The number of ether oxygens (including phenoxy) is 2. The second-order valence-corrected chi connectivity index (χ2v) is 6.82. The van der Waals surface area contributed by atoms with E-state index < -0.39 is 0 Å². The Labute approximate surface area is 153 Å². The molecular formula is C19H25N5O2. The summed E-state index contributed by atoms with van der Waals surface area (Å²) in [6.45, 7) is 7.29. The third-order valence-electron chi connectivity index (χ3n) is 5.19. The van der Waals surface area contributed by atoms with Gasteiger partial charge in [-0.2, -0.15) is 10.1 Å². The Morgan fingerprint density at radius 1 is 1.19 bits per heavy atom. The Kier molecular flexibility index (Phi) is 4.74. The van der Waals surface area contributed by atoms with Gasteiger partial charge in [-0.05, 0) is 24.5 Å². The van der Waals surface area contributed by atoms with Gasteiger partial charge in [0.2, 0.25) is 5.95 Å². The minimum absolute atomic E-state index is 0.380. The predicted octanol–water partition coefficient (Wildman–Crippen LogP) is 2.83. The average molecular weight is 355 g/mol. The molecule has 0 saturated carbocycles. The standard InChI is InChI=1S/C19H25N5O2/c1-3-15-6-4-5-14(2)17(15)22-18-21-16(13-20-23-18)24-9-7-19(8-10-24)25-11-12-26-19/h4-6,13H,3,7-12H2,1-2H3,(H,21,22,23). The van der Waals surface area contributed by atoms with Crippen LogP contribution in [0.1, 0.15) is 30.9 Å². The highest BCUT2D eigenvalue weighted by molar-refractivity contribution is 5.63. The van der Waals surface area contributed by atoms with Gasteiger partial charge in [0.05, 0.1) is 19.4 Å². The number of para-hydroxylation sites is 1. The SMILES string of the molecule is CCc1cccc(C)c1Nc1nncc(N2CCC3(CC2)OCCO3)n1. The van der Waals surface area contributed by atoms with Crippen molar-refractivity contribution in [3.63, 3.8) is 0 Å². The number of rotatable bonds is 4. The molecule has 2 aliphatic heterocycles. The van der Waals surface area contributed by atoms with E-state index in [4.69, 9.17) is 9.47 Å². The van der Waals surface area contributed by atoms with Crippen LogP contribution in [-0.4, -0.2) is 47.3 Å². The molecular weight excluding hydrogens is 330 g/mol. The maximum absolute atomic E-state index is 5.80. The van der Waals surface area contributed by atoms with Crippen molar-refractivity contribution in [3.8, 4) is 0 Å². The highest BCUT2D eigenvalue weighted by Crippen LogP contribution is 2.33. The Morgan fingerprint density at radius 3 is 2.69 bits per heavy atom. The van der Waals surface area contributed by atoms with E-state index >= 15 is 0 Å². The van der Waals surface area contributed by atoms with Gasteiger partial charge in [-0.25, -0.2) is 0 Å². The lowest BCUT2D eigenvalue weighted by Gasteiger charge is -2.37. The third-order valence-corrected chi connectivity index (χ3v) is 5.19. The molecule has 0 aliphatic carbocycles. The molecule has 3 heterocycles. The van der Waals surface area contributed by atoms with E-state index in [1.165, 1.54) is 11.1 Å². The number of benzene rings is 1. The summed E-state index contributed by atoms with van der Waals surface area (Å²) in [7, 11) is 0. The molecule has 7 heteroatoms. The molecule has 7 nitrogen and oxygen atoms in total. The fourth-order valence-electron chi connectivity index (χ4n) is 3.68. The van der Waals surface area contributed by atoms with Gasteiger partial charge in [0, 0.05) is 31.6 Å². The first kappa shape index (κ1) is 17.2. The lowest BCUT2D eigenvalue weighted by molar-refractivity contribution is -0.169. The summed E-state index contributed by atoms with van der Waals surface area (Å²) in [5, 5.41) is 11.7. The predicted molar refractivity (Wildman–Crippen MR) is 99.7 cm³/mol. The molecule has 2 aliphatic rings.